The van der Waals surface area contributed by atoms with Crippen LogP contribution in [-0.4, -0.2) is 48.8 Å². The molecule has 0 amide bonds. The van der Waals surface area contributed by atoms with Crippen molar-refractivity contribution in [1.29, 1.82) is 0 Å². The van der Waals surface area contributed by atoms with Crippen LogP contribution in [0, 0.1) is 16.7 Å². The van der Waals surface area contributed by atoms with E-state index >= 15 is 0 Å². The molecular weight excluding hydrogens is 344 g/mol. The maximum Gasteiger partial charge on any atom is 0.379 e. The SMILES string of the molecule is COC(=O)C(=O)C1=C[C@]23C(=O)C(=O)O[C@]2(CC[C@H]3C)[C@]1(C)COC(C)=O. The summed E-state index contributed by atoms with van der Waals surface area (Å²) < 4.78 is 15.3. The number of ketones is 2. The van der Waals surface area contributed by atoms with E-state index < -0.39 is 45.9 Å². The molecule has 8 nitrogen and oxygen atoms in total. The lowest BCUT2D eigenvalue weighted by Gasteiger charge is -2.43. The van der Waals surface area contributed by atoms with Crippen LogP contribution in [0.3, 0.4) is 0 Å². The van der Waals surface area contributed by atoms with Crippen LogP contribution in [0.25, 0.3) is 0 Å². The van der Waals surface area contributed by atoms with Gasteiger partial charge in [0.2, 0.25) is 0 Å². The van der Waals surface area contributed by atoms with Crippen LogP contribution < -0.4 is 0 Å². The van der Waals surface area contributed by atoms with Gasteiger partial charge in [0.05, 0.1) is 12.5 Å². The van der Waals surface area contributed by atoms with Crippen LogP contribution in [0.15, 0.2) is 11.6 Å². The Bertz CT molecular complexity index is 780. The molecule has 0 radical (unpaired) electrons. The van der Waals surface area contributed by atoms with Gasteiger partial charge in [-0.1, -0.05) is 13.0 Å². The summed E-state index contributed by atoms with van der Waals surface area (Å²) in [4.78, 5) is 60.8. The number of hydrogen-bond donors (Lipinski definition) is 0. The molecule has 3 rings (SSSR count). The highest BCUT2D eigenvalue weighted by Gasteiger charge is 2.81. The molecule has 0 aromatic rings. The molecule has 0 bridgehead atoms. The van der Waals surface area contributed by atoms with Gasteiger partial charge in [-0.05, 0) is 25.7 Å². The zero-order chi connectivity index (χ0) is 19.5. The predicted molar refractivity (Wildman–Crippen MR) is 84.5 cm³/mol. The van der Waals surface area contributed by atoms with Crippen LogP contribution in [0.2, 0.25) is 0 Å². The normalized spacial score (nSPS) is 37.5. The minimum absolute atomic E-state index is 0.0157. The van der Waals surface area contributed by atoms with Crippen molar-refractivity contribution >= 4 is 29.5 Å². The van der Waals surface area contributed by atoms with E-state index in [0.717, 1.165) is 7.11 Å². The summed E-state index contributed by atoms with van der Waals surface area (Å²) in [5.41, 5.74) is -4.06. The molecule has 26 heavy (non-hydrogen) atoms. The molecule has 2 aliphatic carbocycles. The number of methoxy groups -OCH3 is 1. The highest BCUT2D eigenvalue weighted by molar-refractivity contribution is 6.43. The Kier molecular flexibility index (Phi) is 3.86. The maximum atomic E-state index is 12.8. The van der Waals surface area contributed by atoms with Gasteiger partial charge in [-0.25, -0.2) is 9.59 Å². The van der Waals surface area contributed by atoms with Gasteiger partial charge >= 0.3 is 17.9 Å². The molecule has 0 spiro atoms. The predicted octanol–water partition coefficient (Wildman–Crippen LogP) is 0.519. The van der Waals surface area contributed by atoms with E-state index in [1.165, 1.54) is 13.0 Å². The third kappa shape index (κ3) is 1.87. The zero-order valence-corrected chi connectivity index (χ0v) is 15.0. The van der Waals surface area contributed by atoms with Crippen molar-refractivity contribution in [3.8, 4) is 0 Å². The summed E-state index contributed by atoms with van der Waals surface area (Å²) in [6, 6.07) is 0. The van der Waals surface area contributed by atoms with Crippen molar-refractivity contribution in [2.75, 3.05) is 13.7 Å². The largest absolute Gasteiger partial charge is 0.465 e. The first-order valence-electron chi connectivity index (χ1n) is 8.34. The topological polar surface area (TPSA) is 113 Å². The van der Waals surface area contributed by atoms with Crippen LogP contribution in [0.4, 0.5) is 0 Å². The summed E-state index contributed by atoms with van der Waals surface area (Å²) in [5.74, 6) is -4.60. The van der Waals surface area contributed by atoms with Gasteiger partial charge in [0.1, 0.15) is 17.6 Å². The molecule has 140 valence electrons. The second-order valence-electron chi connectivity index (χ2n) is 7.35. The summed E-state index contributed by atoms with van der Waals surface area (Å²) in [7, 11) is 1.07. The van der Waals surface area contributed by atoms with E-state index in [9.17, 15) is 24.0 Å². The molecule has 1 aliphatic heterocycles. The van der Waals surface area contributed by atoms with Gasteiger partial charge in [0, 0.05) is 12.5 Å². The van der Waals surface area contributed by atoms with Crippen molar-refractivity contribution in [1.82, 2.24) is 0 Å². The minimum atomic E-state index is -1.36. The Balaban J connectivity index is 2.23. The summed E-state index contributed by atoms with van der Waals surface area (Å²) in [5, 5.41) is 0. The van der Waals surface area contributed by atoms with Crippen LogP contribution in [-0.2, 0) is 38.2 Å². The number of esters is 3. The lowest BCUT2D eigenvalue weighted by atomic mass is 9.62. The summed E-state index contributed by atoms with van der Waals surface area (Å²) in [6.07, 6.45) is 2.30. The van der Waals surface area contributed by atoms with Crippen molar-refractivity contribution in [3.05, 3.63) is 11.6 Å². The number of carbonyl (C=O) groups excluding carboxylic acids is 5. The first-order valence-corrected chi connectivity index (χ1v) is 8.34. The molecule has 0 unspecified atom stereocenters. The van der Waals surface area contributed by atoms with Crippen molar-refractivity contribution < 1.29 is 38.2 Å². The maximum absolute atomic E-state index is 12.8. The van der Waals surface area contributed by atoms with Gasteiger partial charge in [0.25, 0.3) is 11.6 Å². The Hall–Kier alpha value is -2.51. The van der Waals surface area contributed by atoms with Gasteiger partial charge in [-0.3, -0.25) is 14.4 Å². The average Bonchev–Trinajstić information content (AvgIpc) is 3.09. The van der Waals surface area contributed by atoms with Crippen LogP contribution >= 0.6 is 0 Å². The standard InChI is InChI=1S/C18H20O8/c1-9-5-6-18-16(3,8-25-10(2)19)11(12(20)14(22)24-4)7-17(9,18)13(21)15(23)26-18/h7,9H,5-6,8H2,1-4H3/t9-,16-,17+,18-/m1/s1. The van der Waals surface area contributed by atoms with Crippen LogP contribution in [0.1, 0.15) is 33.6 Å². The molecule has 1 heterocycles. The molecule has 3 aliphatic rings. The Morgan fingerprint density at radius 2 is 1.96 bits per heavy atom. The first kappa shape index (κ1) is 18.3. The van der Waals surface area contributed by atoms with Gasteiger partial charge < -0.3 is 14.2 Å². The quantitative estimate of drug-likeness (QED) is 0.403. The Morgan fingerprint density at radius 3 is 2.54 bits per heavy atom. The van der Waals surface area contributed by atoms with E-state index in [-0.39, 0.29) is 18.1 Å². The summed E-state index contributed by atoms with van der Waals surface area (Å²) in [6.45, 7) is 4.29. The number of carbonyl (C=O) groups is 5. The van der Waals surface area contributed by atoms with Gasteiger partial charge in [-0.2, -0.15) is 0 Å². The number of rotatable bonds is 4. The third-order valence-corrected chi connectivity index (χ3v) is 6.24. The smallest absolute Gasteiger partial charge is 0.379 e. The minimum Gasteiger partial charge on any atom is -0.465 e. The molecule has 2 fully saturated rings. The van der Waals surface area contributed by atoms with Gasteiger partial charge in [-0.15, -0.1) is 0 Å². The molecule has 1 saturated heterocycles. The lowest BCUT2D eigenvalue weighted by molar-refractivity contribution is -0.170. The average molecular weight is 364 g/mol. The number of Topliss-reactive ketones (excluding diaryl/α,β-unsaturated/α-hetero) is 2. The molecule has 0 aromatic heterocycles. The van der Waals surface area contributed by atoms with Crippen molar-refractivity contribution in [2.45, 2.75) is 39.2 Å². The molecule has 0 aromatic carbocycles. The van der Waals surface area contributed by atoms with E-state index in [4.69, 9.17) is 9.47 Å². The summed E-state index contributed by atoms with van der Waals surface area (Å²) >= 11 is 0. The Labute approximate surface area is 149 Å². The lowest BCUT2D eigenvalue weighted by Crippen LogP contribution is -2.55. The van der Waals surface area contributed by atoms with E-state index in [2.05, 4.69) is 4.74 Å². The highest BCUT2D eigenvalue weighted by Crippen LogP contribution is 2.70. The fourth-order valence-corrected chi connectivity index (χ4v) is 4.90. The molecule has 4 atom stereocenters. The number of hydrogen-bond acceptors (Lipinski definition) is 8. The second-order valence-corrected chi connectivity index (χ2v) is 7.35. The fraction of sp³-hybridized carbons (Fsp3) is 0.611. The van der Waals surface area contributed by atoms with E-state index in [1.807, 2.05) is 0 Å². The monoisotopic (exact) mass is 364 g/mol. The second kappa shape index (κ2) is 5.49. The zero-order valence-electron chi connectivity index (χ0n) is 15.0. The highest BCUT2D eigenvalue weighted by atomic mass is 16.6. The molecule has 8 heteroatoms. The van der Waals surface area contributed by atoms with E-state index in [0.29, 0.717) is 12.8 Å². The van der Waals surface area contributed by atoms with Crippen molar-refractivity contribution in [3.63, 3.8) is 0 Å². The third-order valence-electron chi connectivity index (χ3n) is 6.24. The van der Waals surface area contributed by atoms with E-state index in [1.54, 1.807) is 13.8 Å². The first-order chi connectivity index (χ1) is 12.1. The molecule has 1 saturated carbocycles. The molecule has 0 N–H and O–H groups in total. The number of ether oxygens (including phenoxy) is 3. The van der Waals surface area contributed by atoms with Crippen molar-refractivity contribution in [2.24, 2.45) is 16.7 Å². The molecular formula is C18H20O8. The Morgan fingerprint density at radius 1 is 1.31 bits per heavy atom. The van der Waals surface area contributed by atoms with Gasteiger partial charge in [0.15, 0.2) is 0 Å². The van der Waals surface area contributed by atoms with Crippen LogP contribution in [0.5, 0.6) is 0 Å². The fourth-order valence-electron chi connectivity index (χ4n) is 4.90.